The summed E-state index contributed by atoms with van der Waals surface area (Å²) in [5, 5.41) is 14.3. The molecule has 0 fully saturated rings. The fourth-order valence-electron chi connectivity index (χ4n) is 0.561. The molecule has 0 heterocycles. The minimum Gasteiger partial charge on any atom is -0.369 e. The van der Waals surface area contributed by atoms with Crippen molar-refractivity contribution in [2.24, 2.45) is 49.3 Å². The third kappa shape index (κ3) is 21.1. The highest BCUT2D eigenvalue weighted by atomic mass is 32.3. The summed E-state index contributed by atoms with van der Waals surface area (Å²) in [7, 11) is -4.67. The topological polar surface area (TPSA) is 228 Å². The Morgan fingerprint density at radius 2 is 1.40 bits per heavy atom. The molecule has 13 heteroatoms. The zero-order valence-corrected chi connectivity index (χ0v) is 11.7. The molecule has 116 valence electrons. The Morgan fingerprint density at radius 1 is 1.00 bits per heavy atom. The van der Waals surface area contributed by atoms with Gasteiger partial charge in [-0.15, -0.1) is 10.2 Å². The van der Waals surface area contributed by atoms with E-state index >= 15 is 0 Å². The van der Waals surface area contributed by atoms with Crippen molar-refractivity contribution >= 4 is 34.2 Å². The zero-order chi connectivity index (χ0) is 16.3. The Balaban J connectivity index is 0. The van der Waals surface area contributed by atoms with Gasteiger partial charge in [0.1, 0.15) is 0 Å². The van der Waals surface area contributed by atoms with Crippen LogP contribution in [0.5, 0.6) is 0 Å². The third-order valence-corrected chi connectivity index (χ3v) is 1.24. The van der Waals surface area contributed by atoms with E-state index in [0.717, 1.165) is 0 Å². The fraction of sp³-hybridized carbons (Fsp3) is 0.429. The Hall–Kier alpha value is -2.25. The summed E-state index contributed by atoms with van der Waals surface area (Å²) in [6.45, 7) is 3.81. The summed E-state index contributed by atoms with van der Waals surface area (Å²) < 4.78 is 31.6. The molecule has 0 spiro atoms. The predicted molar refractivity (Wildman–Crippen MR) is 76.6 cm³/mol. The lowest BCUT2D eigenvalue weighted by molar-refractivity contribution is 0.381. The lowest BCUT2D eigenvalue weighted by Crippen LogP contribution is -2.23. The van der Waals surface area contributed by atoms with Gasteiger partial charge < -0.3 is 22.9 Å². The van der Waals surface area contributed by atoms with E-state index in [0.29, 0.717) is 5.71 Å². The van der Waals surface area contributed by atoms with Crippen LogP contribution < -0.4 is 22.9 Å². The van der Waals surface area contributed by atoms with Crippen LogP contribution in [0.1, 0.15) is 13.8 Å². The van der Waals surface area contributed by atoms with Crippen molar-refractivity contribution in [3.63, 3.8) is 0 Å². The van der Waals surface area contributed by atoms with Crippen molar-refractivity contribution < 1.29 is 17.5 Å². The first kappa shape index (κ1) is 20.1. The van der Waals surface area contributed by atoms with Crippen molar-refractivity contribution in [3.8, 4) is 0 Å². The fourth-order valence-corrected chi connectivity index (χ4v) is 0.561. The number of rotatable bonds is 4. The second-order valence-electron chi connectivity index (χ2n) is 3.42. The molecule has 0 aliphatic rings. The van der Waals surface area contributed by atoms with Gasteiger partial charge in [-0.1, -0.05) is 13.8 Å². The number of hydrogen-bond donors (Lipinski definition) is 6. The summed E-state index contributed by atoms with van der Waals surface area (Å²) >= 11 is 0. The molecule has 0 atom stereocenters. The molecule has 0 aromatic rings. The van der Waals surface area contributed by atoms with Crippen LogP contribution in [-0.4, -0.2) is 41.4 Å². The van der Waals surface area contributed by atoms with E-state index in [1.807, 2.05) is 13.8 Å². The molecule has 0 saturated carbocycles. The van der Waals surface area contributed by atoms with E-state index in [1.54, 1.807) is 0 Å². The maximum atomic E-state index is 8.74. The standard InChI is InChI=1S/C7H16N8.H2O4S/c1-4(2)5(13-15-7(10)11)3-12-14-6(8)9;1-5(2,3)4/h3-4H,1-2H3,(H4,8,9,14)(H4,10,11,15);(H2,1,2,3,4)/b12-3+,13-5-;. The highest BCUT2D eigenvalue weighted by molar-refractivity contribution is 7.79. The van der Waals surface area contributed by atoms with E-state index < -0.39 is 10.4 Å². The molecule has 10 N–H and O–H groups in total. The number of nitrogens with two attached hydrogens (primary N) is 4. The van der Waals surface area contributed by atoms with Crippen molar-refractivity contribution in [2.75, 3.05) is 0 Å². The summed E-state index contributed by atoms with van der Waals surface area (Å²) in [5.74, 6) is -0.148. The van der Waals surface area contributed by atoms with Crippen LogP contribution >= 0.6 is 0 Å². The van der Waals surface area contributed by atoms with Crippen LogP contribution in [0, 0.1) is 5.92 Å². The quantitative estimate of drug-likeness (QED) is 0.145. The van der Waals surface area contributed by atoms with Crippen LogP contribution in [0.25, 0.3) is 0 Å². The van der Waals surface area contributed by atoms with Gasteiger partial charge in [-0.2, -0.15) is 18.6 Å². The molecule has 12 nitrogen and oxygen atoms in total. The average Bonchev–Trinajstić information content (AvgIpc) is 2.19. The molecule has 20 heavy (non-hydrogen) atoms. The van der Waals surface area contributed by atoms with Crippen molar-refractivity contribution in [1.29, 1.82) is 0 Å². The van der Waals surface area contributed by atoms with E-state index in [2.05, 4.69) is 20.4 Å². The van der Waals surface area contributed by atoms with E-state index in [-0.39, 0.29) is 17.8 Å². The van der Waals surface area contributed by atoms with Gasteiger partial charge in [0.05, 0.1) is 11.9 Å². The van der Waals surface area contributed by atoms with Crippen molar-refractivity contribution in [3.05, 3.63) is 0 Å². The van der Waals surface area contributed by atoms with Crippen LogP contribution in [0.4, 0.5) is 0 Å². The number of guanidine groups is 2. The van der Waals surface area contributed by atoms with E-state index in [4.69, 9.17) is 40.5 Å². The predicted octanol–water partition coefficient (Wildman–Crippen LogP) is -2.12. The first-order chi connectivity index (χ1) is 8.93. The Kier molecular flexibility index (Phi) is 9.69. The Morgan fingerprint density at radius 3 is 1.70 bits per heavy atom. The summed E-state index contributed by atoms with van der Waals surface area (Å²) in [5.41, 5.74) is 21.0. The molecular weight excluding hydrogens is 292 g/mol. The molecule has 0 aliphatic carbocycles. The zero-order valence-electron chi connectivity index (χ0n) is 10.9. The minimum absolute atomic E-state index is 0.103. The molecule has 0 bridgehead atoms. The van der Waals surface area contributed by atoms with Crippen LogP contribution in [0.2, 0.25) is 0 Å². The highest BCUT2D eigenvalue weighted by Gasteiger charge is 2.01. The molecule has 0 aliphatic heterocycles. The van der Waals surface area contributed by atoms with Gasteiger partial charge in [-0.3, -0.25) is 9.11 Å². The van der Waals surface area contributed by atoms with Gasteiger partial charge in [0.2, 0.25) is 11.9 Å². The second kappa shape index (κ2) is 9.65. The molecule has 0 aromatic heterocycles. The molecule has 0 rings (SSSR count). The molecule has 0 aromatic carbocycles. The maximum absolute atomic E-state index is 8.74. The van der Waals surface area contributed by atoms with Gasteiger partial charge in [-0.25, -0.2) is 0 Å². The summed E-state index contributed by atoms with van der Waals surface area (Å²) in [6, 6.07) is 0. The van der Waals surface area contributed by atoms with E-state index in [9.17, 15) is 0 Å². The van der Waals surface area contributed by atoms with Gasteiger partial charge in [0.25, 0.3) is 0 Å². The monoisotopic (exact) mass is 310 g/mol. The van der Waals surface area contributed by atoms with Gasteiger partial charge in [0.15, 0.2) is 0 Å². The largest absolute Gasteiger partial charge is 0.394 e. The first-order valence-corrected chi connectivity index (χ1v) is 6.31. The van der Waals surface area contributed by atoms with Gasteiger partial charge in [0, 0.05) is 0 Å². The number of nitrogens with zero attached hydrogens (tertiary/aromatic N) is 4. The molecule has 0 amide bonds. The highest BCUT2D eigenvalue weighted by Crippen LogP contribution is 1.95. The molecule has 0 radical (unpaired) electrons. The average molecular weight is 310 g/mol. The molecule has 0 saturated heterocycles. The van der Waals surface area contributed by atoms with Crippen molar-refractivity contribution in [2.45, 2.75) is 13.8 Å². The Labute approximate surface area is 115 Å². The first-order valence-electron chi connectivity index (χ1n) is 4.91. The van der Waals surface area contributed by atoms with Crippen molar-refractivity contribution in [1.82, 2.24) is 0 Å². The normalized spacial score (nSPS) is 11.8. The summed E-state index contributed by atoms with van der Waals surface area (Å²) in [4.78, 5) is 0. The summed E-state index contributed by atoms with van der Waals surface area (Å²) in [6.07, 6.45) is 1.39. The molecule has 0 unspecified atom stereocenters. The Bertz CT molecular complexity index is 491. The lowest BCUT2D eigenvalue weighted by atomic mass is 10.1. The lowest BCUT2D eigenvalue weighted by Gasteiger charge is -2.00. The SMILES string of the molecule is CC(C)C(/C=N/N=C(N)N)=N\N=C(N)N.O=S(=O)(O)O. The second-order valence-corrected chi connectivity index (χ2v) is 4.32. The maximum Gasteiger partial charge on any atom is 0.394 e. The smallest absolute Gasteiger partial charge is 0.369 e. The third-order valence-electron chi connectivity index (χ3n) is 1.24. The van der Waals surface area contributed by atoms with Crippen LogP contribution in [0.15, 0.2) is 20.4 Å². The van der Waals surface area contributed by atoms with Crippen LogP contribution in [0.3, 0.4) is 0 Å². The van der Waals surface area contributed by atoms with Gasteiger partial charge in [-0.05, 0) is 5.92 Å². The molecular formula is C7H18N8O4S. The number of hydrogen-bond acceptors (Lipinski definition) is 6. The van der Waals surface area contributed by atoms with E-state index in [1.165, 1.54) is 6.21 Å². The van der Waals surface area contributed by atoms with Crippen LogP contribution in [-0.2, 0) is 10.4 Å². The minimum atomic E-state index is -4.67. The van der Waals surface area contributed by atoms with Gasteiger partial charge >= 0.3 is 10.4 Å².